The summed E-state index contributed by atoms with van der Waals surface area (Å²) in [6.45, 7) is 11.4. The van der Waals surface area contributed by atoms with Gasteiger partial charge in [-0.1, -0.05) is 51.1 Å². The van der Waals surface area contributed by atoms with E-state index in [2.05, 4.69) is 33.9 Å². The molecule has 0 aliphatic carbocycles. The Morgan fingerprint density at radius 2 is 1.81 bits per heavy atom. The van der Waals surface area contributed by atoms with Gasteiger partial charge in [-0.3, -0.25) is 8.37 Å². The highest BCUT2D eigenvalue weighted by atomic mass is 32.2. The lowest BCUT2D eigenvalue weighted by Gasteiger charge is -2.36. The van der Waals surface area contributed by atoms with Crippen LogP contribution >= 0.6 is 0 Å². The molecule has 1 aliphatic heterocycles. The Hall–Kier alpha value is -0.533. The van der Waals surface area contributed by atoms with Crippen molar-refractivity contribution in [1.29, 1.82) is 0 Å². The number of hydrogen-bond donors (Lipinski definition) is 0. The van der Waals surface area contributed by atoms with Crippen LogP contribution in [0.1, 0.15) is 32.4 Å². The zero-order valence-corrected chi connectivity index (χ0v) is 15.1. The molecular formula is C15H24O4SSi. The second-order valence-electron chi connectivity index (χ2n) is 6.84. The fraction of sp³-hybridized carbons (Fsp3) is 0.600. The topological polar surface area (TPSA) is 44.8 Å². The predicted octanol–water partition coefficient (Wildman–Crippen LogP) is 3.74. The highest BCUT2D eigenvalue weighted by Gasteiger charge is 2.41. The Morgan fingerprint density at radius 3 is 2.38 bits per heavy atom. The third kappa shape index (κ3) is 4.01. The van der Waals surface area contributed by atoms with E-state index in [1.54, 1.807) is 0 Å². The van der Waals surface area contributed by atoms with Crippen molar-refractivity contribution >= 4 is 19.7 Å². The van der Waals surface area contributed by atoms with Crippen molar-refractivity contribution in [3.8, 4) is 0 Å². The first-order valence-corrected chi connectivity index (χ1v) is 11.1. The molecule has 2 rings (SSSR count). The molecule has 21 heavy (non-hydrogen) atoms. The maximum absolute atomic E-state index is 11.6. The van der Waals surface area contributed by atoms with Gasteiger partial charge in [0.15, 0.2) is 8.32 Å². The molecular weight excluding hydrogens is 304 g/mol. The fourth-order valence-corrected chi connectivity index (χ4v) is 3.68. The van der Waals surface area contributed by atoms with Gasteiger partial charge in [-0.25, -0.2) is 0 Å². The number of hydrogen-bond acceptors (Lipinski definition) is 4. The molecule has 4 nitrogen and oxygen atoms in total. The minimum absolute atomic E-state index is 0.133. The number of benzene rings is 1. The summed E-state index contributed by atoms with van der Waals surface area (Å²) in [4.78, 5) is 0. The first-order valence-electron chi connectivity index (χ1n) is 7.16. The highest BCUT2D eigenvalue weighted by Crippen LogP contribution is 2.38. The Bertz CT molecular complexity index is 498. The van der Waals surface area contributed by atoms with Crippen LogP contribution < -0.4 is 0 Å². The molecule has 0 radical (unpaired) electrons. The molecule has 3 atom stereocenters. The third-order valence-corrected chi connectivity index (χ3v) is 9.53. The fourth-order valence-electron chi connectivity index (χ4n) is 1.86. The summed E-state index contributed by atoms with van der Waals surface area (Å²) in [5.74, 6) is 0. The van der Waals surface area contributed by atoms with Crippen LogP contribution in [-0.4, -0.2) is 25.2 Å². The smallest absolute Gasteiger partial charge is 0.305 e. The van der Waals surface area contributed by atoms with Crippen LogP contribution in [0.15, 0.2) is 30.3 Å². The van der Waals surface area contributed by atoms with Crippen molar-refractivity contribution in [3.05, 3.63) is 35.9 Å². The van der Waals surface area contributed by atoms with Crippen molar-refractivity contribution in [2.45, 2.75) is 51.1 Å². The first-order chi connectivity index (χ1) is 9.71. The van der Waals surface area contributed by atoms with Gasteiger partial charge >= 0.3 is 11.4 Å². The summed E-state index contributed by atoms with van der Waals surface area (Å²) in [5, 5.41) is 0.133. The van der Waals surface area contributed by atoms with Gasteiger partial charge in [-0.15, -0.1) is 0 Å². The van der Waals surface area contributed by atoms with Gasteiger partial charge in [0.2, 0.25) is 0 Å². The van der Waals surface area contributed by atoms with Crippen molar-refractivity contribution < 1.29 is 17.0 Å². The lowest BCUT2D eigenvalue weighted by Crippen LogP contribution is -2.43. The van der Waals surface area contributed by atoms with Gasteiger partial charge in [0.25, 0.3) is 0 Å². The summed E-state index contributed by atoms with van der Waals surface area (Å²) < 4.78 is 28.5. The molecule has 1 aliphatic rings. The van der Waals surface area contributed by atoms with E-state index in [0.29, 0.717) is 6.61 Å². The molecule has 0 aromatic heterocycles. The average Bonchev–Trinajstić information content (AvgIpc) is 2.77. The molecule has 0 spiro atoms. The van der Waals surface area contributed by atoms with E-state index < -0.39 is 19.7 Å². The standard InChI is InChI=1S/C15H24O4SSi/c1-15(2,3)21(4,5)17-11-13-14(19-20(16)18-13)12-9-7-6-8-10-12/h6-10,13-14H,11H2,1-5H3/t13-,14-,20?/m1/s1. The maximum Gasteiger partial charge on any atom is 0.305 e. The van der Waals surface area contributed by atoms with Crippen molar-refractivity contribution in [3.63, 3.8) is 0 Å². The quantitative estimate of drug-likeness (QED) is 0.790. The zero-order chi connectivity index (χ0) is 15.7. The zero-order valence-electron chi connectivity index (χ0n) is 13.3. The van der Waals surface area contributed by atoms with E-state index in [4.69, 9.17) is 12.8 Å². The summed E-state index contributed by atoms with van der Waals surface area (Å²) in [6, 6.07) is 9.72. The van der Waals surface area contributed by atoms with Crippen LogP contribution in [-0.2, 0) is 24.2 Å². The SMILES string of the molecule is CC(C)(C)[Si](C)(C)OC[C@H]1OS(=O)O[C@@H]1c1ccccc1. The van der Waals surface area contributed by atoms with E-state index >= 15 is 0 Å². The summed E-state index contributed by atoms with van der Waals surface area (Å²) in [6.07, 6.45) is -0.667. The minimum Gasteiger partial charge on any atom is -0.414 e. The number of rotatable bonds is 4. The molecule has 1 aromatic rings. The summed E-state index contributed by atoms with van der Waals surface area (Å²) >= 11 is -1.70. The normalized spacial score (nSPS) is 27.0. The Labute approximate surface area is 130 Å². The van der Waals surface area contributed by atoms with Crippen molar-refractivity contribution in [1.82, 2.24) is 0 Å². The van der Waals surface area contributed by atoms with Gasteiger partial charge < -0.3 is 4.43 Å². The molecule has 1 saturated heterocycles. The highest BCUT2D eigenvalue weighted by molar-refractivity contribution is 7.75. The van der Waals surface area contributed by atoms with Gasteiger partial charge in [-0.05, 0) is 23.7 Å². The second kappa shape index (κ2) is 6.30. The van der Waals surface area contributed by atoms with Crippen LogP contribution in [0.5, 0.6) is 0 Å². The Balaban J connectivity index is 2.06. The summed E-state index contributed by atoms with van der Waals surface area (Å²) in [7, 11) is -1.86. The Morgan fingerprint density at radius 1 is 1.19 bits per heavy atom. The lowest BCUT2D eigenvalue weighted by atomic mass is 10.1. The first kappa shape index (κ1) is 16.8. The molecule has 6 heteroatoms. The van der Waals surface area contributed by atoms with Gasteiger partial charge in [-0.2, -0.15) is 4.21 Å². The van der Waals surface area contributed by atoms with Crippen LogP contribution in [0.25, 0.3) is 0 Å². The minimum atomic E-state index is -1.86. The van der Waals surface area contributed by atoms with Crippen LogP contribution in [0.3, 0.4) is 0 Å². The Kier molecular flexibility index (Phi) is 5.05. The van der Waals surface area contributed by atoms with Gasteiger partial charge in [0, 0.05) is 0 Å². The van der Waals surface area contributed by atoms with Gasteiger partial charge in [0.1, 0.15) is 12.2 Å². The van der Waals surface area contributed by atoms with Gasteiger partial charge in [0.05, 0.1) is 6.61 Å². The molecule has 1 aromatic carbocycles. The lowest BCUT2D eigenvalue weighted by molar-refractivity contribution is 0.0937. The maximum atomic E-state index is 11.6. The molecule has 118 valence electrons. The van der Waals surface area contributed by atoms with Crippen LogP contribution in [0.4, 0.5) is 0 Å². The molecule has 1 heterocycles. The van der Waals surface area contributed by atoms with Crippen molar-refractivity contribution in [2.75, 3.05) is 6.61 Å². The largest absolute Gasteiger partial charge is 0.414 e. The molecule has 1 unspecified atom stereocenters. The van der Waals surface area contributed by atoms with E-state index in [9.17, 15) is 4.21 Å². The van der Waals surface area contributed by atoms with E-state index in [1.807, 2.05) is 30.3 Å². The van der Waals surface area contributed by atoms with Crippen LogP contribution in [0.2, 0.25) is 18.1 Å². The molecule has 1 fully saturated rings. The van der Waals surface area contributed by atoms with Crippen molar-refractivity contribution in [2.24, 2.45) is 0 Å². The van der Waals surface area contributed by atoms with E-state index in [0.717, 1.165) is 5.56 Å². The monoisotopic (exact) mass is 328 g/mol. The van der Waals surface area contributed by atoms with E-state index in [-0.39, 0.29) is 17.2 Å². The summed E-state index contributed by atoms with van der Waals surface area (Å²) in [5.41, 5.74) is 0.965. The molecule has 0 saturated carbocycles. The average molecular weight is 329 g/mol. The van der Waals surface area contributed by atoms with E-state index in [1.165, 1.54) is 0 Å². The molecule has 0 bridgehead atoms. The third-order valence-electron chi connectivity index (χ3n) is 4.26. The second-order valence-corrected chi connectivity index (χ2v) is 12.4. The predicted molar refractivity (Wildman–Crippen MR) is 86.4 cm³/mol. The van der Waals surface area contributed by atoms with Crippen LogP contribution in [0, 0.1) is 0 Å². The molecule has 0 amide bonds. The molecule has 0 N–H and O–H groups in total.